The molecule has 0 unspecified atom stereocenters. The minimum absolute atomic E-state index is 0.339. The number of fused-ring (bicyclic) bond motifs is 2. The molecule has 8 heteroatoms. The Morgan fingerprint density at radius 3 is 2.85 bits per heavy atom. The molecule has 132 valence electrons. The fourth-order valence-corrected chi connectivity index (χ4v) is 2.71. The number of nitrogens with zero attached hydrogens (tertiary/aromatic N) is 6. The van der Waals surface area contributed by atoms with Gasteiger partial charge in [-0.1, -0.05) is 13.8 Å². The normalized spacial score (nSPS) is 11.4. The van der Waals surface area contributed by atoms with Gasteiger partial charge in [-0.2, -0.15) is 9.61 Å². The summed E-state index contributed by atoms with van der Waals surface area (Å²) >= 11 is 0. The second-order valence-corrected chi connectivity index (χ2v) is 6.25. The molecule has 4 aromatic rings. The Labute approximate surface area is 150 Å². The summed E-state index contributed by atoms with van der Waals surface area (Å²) in [5.41, 5.74) is 4.14. The first-order valence-corrected chi connectivity index (χ1v) is 8.39. The van der Waals surface area contributed by atoms with Crippen LogP contribution in [0.4, 0.5) is 5.69 Å². The van der Waals surface area contributed by atoms with E-state index < -0.39 is 0 Å². The average Bonchev–Trinajstić information content (AvgIpc) is 3.08. The lowest BCUT2D eigenvalue weighted by Crippen LogP contribution is -2.08. The van der Waals surface area contributed by atoms with E-state index in [1.165, 1.54) is 0 Å². The van der Waals surface area contributed by atoms with E-state index in [9.17, 15) is 0 Å². The summed E-state index contributed by atoms with van der Waals surface area (Å²) in [4.78, 5) is 8.79. The number of pyridine rings is 2. The predicted molar refractivity (Wildman–Crippen MR) is 98.3 cm³/mol. The Hall–Kier alpha value is -3.29. The molecule has 0 aromatic carbocycles. The predicted octanol–water partition coefficient (Wildman–Crippen LogP) is 2.81. The summed E-state index contributed by atoms with van der Waals surface area (Å²) in [5, 5.41) is 16.4. The molecule has 0 amide bonds. The van der Waals surface area contributed by atoms with Gasteiger partial charge in [-0.15, -0.1) is 10.2 Å². The van der Waals surface area contributed by atoms with Crippen LogP contribution in [-0.4, -0.2) is 36.9 Å². The first kappa shape index (κ1) is 16.2. The molecule has 8 nitrogen and oxygen atoms in total. The number of ether oxygens (including phenoxy) is 1. The van der Waals surface area contributed by atoms with Crippen LogP contribution in [0.5, 0.6) is 5.75 Å². The molecule has 0 aliphatic carbocycles. The van der Waals surface area contributed by atoms with Gasteiger partial charge < -0.3 is 10.1 Å². The van der Waals surface area contributed by atoms with E-state index in [2.05, 4.69) is 44.4 Å². The third-order valence-electron chi connectivity index (χ3n) is 4.16. The lowest BCUT2D eigenvalue weighted by Gasteiger charge is -2.09. The lowest BCUT2D eigenvalue weighted by atomic mass is 10.1. The third-order valence-corrected chi connectivity index (χ3v) is 4.16. The standard InChI is InChI=1S/C18H19N7O/c1-11(2)13-4-5-16-22-23-17(25(16)24-13)10-20-14-6-7-19-15-8-12(26-3)9-21-18(14)15/h4-9,11H,10H2,1-3H3,(H,19,20). The van der Waals surface area contributed by atoms with Gasteiger partial charge in [0, 0.05) is 12.3 Å². The Bertz CT molecular complexity index is 1070. The van der Waals surface area contributed by atoms with Crippen molar-refractivity contribution >= 4 is 22.4 Å². The summed E-state index contributed by atoms with van der Waals surface area (Å²) in [5.74, 6) is 1.75. The van der Waals surface area contributed by atoms with Gasteiger partial charge in [-0.3, -0.25) is 4.98 Å². The number of nitrogens with one attached hydrogen (secondary N) is 1. The van der Waals surface area contributed by atoms with E-state index >= 15 is 0 Å². The molecule has 26 heavy (non-hydrogen) atoms. The van der Waals surface area contributed by atoms with Crippen LogP contribution in [0, 0.1) is 0 Å². The molecule has 4 aromatic heterocycles. The van der Waals surface area contributed by atoms with Crippen LogP contribution < -0.4 is 10.1 Å². The summed E-state index contributed by atoms with van der Waals surface area (Å²) in [6.45, 7) is 4.70. The van der Waals surface area contributed by atoms with Crippen molar-refractivity contribution in [2.45, 2.75) is 26.3 Å². The Morgan fingerprint density at radius 2 is 2.04 bits per heavy atom. The summed E-state index contributed by atoms with van der Waals surface area (Å²) in [7, 11) is 1.61. The van der Waals surface area contributed by atoms with Crippen LogP contribution in [0.1, 0.15) is 31.3 Å². The van der Waals surface area contributed by atoms with E-state index in [-0.39, 0.29) is 0 Å². The zero-order chi connectivity index (χ0) is 18.1. The molecular weight excluding hydrogens is 330 g/mol. The van der Waals surface area contributed by atoms with Gasteiger partial charge in [0.05, 0.1) is 36.7 Å². The van der Waals surface area contributed by atoms with Crippen LogP contribution in [-0.2, 0) is 6.54 Å². The lowest BCUT2D eigenvalue weighted by molar-refractivity contribution is 0.413. The second-order valence-electron chi connectivity index (χ2n) is 6.25. The van der Waals surface area contributed by atoms with Crippen LogP contribution in [0.15, 0.2) is 36.7 Å². The molecule has 0 atom stereocenters. The highest BCUT2D eigenvalue weighted by Gasteiger charge is 2.11. The summed E-state index contributed by atoms with van der Waals surface area (Å²) in [6.07, 6.45) is 3.42. The minimum Gasteiger partial charge on any atom is -0.495 e. The van der Waals surface area contributed by atoms with Gasteiger partial charge >= 0.3 is 0 Å². The molecule has 0 aliphatic rings. The highest BCUT2D eigenvalue weighted by molar-refractivity contribution is 5.87. The van der Waals surface area contributed by atoms with E-state index in [1.54, 1.807) is 24.0 Å². The molecule has 0 saturated carbocycles. The molecule has 4 rings (SSSR count). The zero-order valence-corrected chi connectivity index (χ0v) is 14.8. The molecule has 1 N–H and O–H groups in total. The molecule has 0 saturated heterocycles. The van der Waals surface area contributed by atoms with Crippen LogP contribution in [0.3, 0.4) is 0 Å². The first-order chi connectivity index (χ1) is 12.7. The van der Waals surface area contributed by atoms with Crippen LogP contribution in [0.2, 0.25) is 0 Å². The first-order valence-electron chi connectivity index (χ1n) is 8.39. The molecule has 4 heterocycles. The van der Waals surface area contributed by atoms with Crippen molar-refractivity contribution in [3.05, 3.63) is 48.2 Å². The fourth-order valence-electron chi connectivity index (χ4n) is 2.71. The zero-order valence-electron chi connectivity index (χ0n) is 14.8. The maximum atomic E-state index is 5.21. The monoisotopic (exact) mass is 349 g/mol. The van der Waals surface area contributed by atoms with E-state index in [0.29, 0.717) is 18.2 Å². The van der Waals surface area contributed by atoms with E-state index in [0.717, 1.165) is 33.9 Å². The number of rotatable bonds is 5. The third kappa shape index (κ3) is 2.90. The van der Waals surface area contributed by atoms with Crippen molar-refractivity contribution in [2.75, 3.05) is 12.4 Å². The van der Waals surface area contributed by atoms with Gasteiger partial charge in [0.15, 0.2) is 11.5 Å². The maximum Gasteiger partial charge on any atom is 0.177 e. The summed E-state index contributed by atoms with van der Waals surface area (Å²) < 4.78 is 6.99. The quantitative estimate of drug-likeness (QED) is 0.592. The number of methoxy groups -OCH3 is 1. The Morgan fingerprint density at radius 1 is 1.15 bits per heavy atom. The van der Waals surface area contributed by atoms with Crippen molar-refractivity contribution in [3.8, 4) is 5.75 Å². The second kappa shape index (κ2) is 6.55. The van der Waals surface area contributed by atoms with E-state index in [4.69, 9.17) is 4.74 Å². The smallest absolute Gasteiger partial charge is 0.177 e. The molecule has 0 radical (unpaired) electrons. The van der Waals surface area contributed by atoms with Crippen molar-refractivity contribution in [1.29, 1.82) is 0 Å². The highest BCUT2D eigenvalue weighted by atomic mass is 16.5. The number of hydrogen-bond donors (Lipinski definition) is 1. The van der Waals surface area contributed by atoms with Crippen LogP contribution in [0.25, 0.3) is 16.7 Å². The van der Waals surface area contributed by atoms with Gasteiger partial charge in [0.25, 0.3) is 0 Å². The fraction of sp³-hybridized carbons (Fsp3) is 0.278. The van der Waals surface area contributed by atoms with Gasteiger partial charge in [0.1, 0.15) is 11.3 Å². The molecule has 0 spiro atoms. The van der Waals surface area contributed by atoms with Gasteiger partial charge in [-0.05, 0) is 24.1 Å². The van der Waals surface area contributed by atoms with Gasteiger partial charge in [-0.25, -0.2) is 4.98 Å². The number of anilines is 1. The van der Waals surface area contributed by atoms with Crippen molar-refractivity contribution in [1.82, 2.24) is 29.8 Å². The van der Waals surface area contributed by atoms with Crippen molar-refractivity contribution < 1.29 is 4.74 Å². The molecular formula is C18H19N7O. The molecule has 0 aliphatic heterocycles. The van der Waals surface area contributed by atoms with Crippen LogP contribution >= 0.6 is 0 Å². The summed E-state index contributed by atoms with van der Waals surface area (Å²) in [6, 6.07) is 7.67. The largest absolute Gasteiger partial charge is 0.495 e. The maximum absolute atomic E-state index is 5.21. The molecule has 0 bridgehead atoms. The molecule has 0 fully saturated rings. The number of hydrogen-bond acceptors (Lipinski definition) is 7. The van der Waals surface area contributed by atoms with Crippen molar-refractivity contribution in [2.24, 2.45) is 0 Å². The Balaban J connectivity index is 1.64. The van der Waals surface area contributed by atoms with Crippen molar-refractivity contribution in [3.63, 3.8) is 0 Å². The topological polar surface area (TPSA) is 90.1 Å². The average molecular weight is 349 g/mol. The highest BCUT2D eigenvalue weighted by Crippen LogP contribution is 2.23. The van der Waals surface area contributed by atoms with E-state index in [1.807, 2.05) is 24.3 Å². The SMILES string of the molecule is COc1cnc2c(NCc3nnc4ccc(C(C)C)nn34)ccnc2c1. The number of aromatic nitrogens is 6. The van der Waals surface area contributed by atoms with Gasteiger partial charge in [0.2, 0.25) is 0 Å². The Kier molecular flexibility index (Phi) is 4.08. The minimum atomic E-state index is 0.339.